The Labute approximate surface area is 91.0 Å². The van der Waals surface area contributed by atoms with Gasteiger partial charge in [0.05, 0.1) is 5.56 Å². The summed E-state index contributed by atoms with van der Waals surface area (Å²) in [6.45, 7) is 1.70. The Morgan fingerprint density at radius 2 is 2.19 bits per heavy atom. The summed E-state index contributed by atoms with van der Waals surface area (Å²) in [6, 6.07) is 6.78. The molecule has 6 nitrogen and oxygen atoms in total. The van der Waals surface area contributed by atoms with E-state index in [1.54, 1.807) is 31.2 Å². The van der Waals surface area contributed by atoms with Crippen LogP contribution in [0.4, 0.5) is 4.79 Å². The highest BCUT2D eigenvalue weighted by molar-refractivity contribution is 5.72. The zero-order chi connectivity index (χ0) is 11.5. The standard InChI is InChI=1S/C10H9N3O3/c1-6-12-9(16-13-6)7-4-2-3-5-8(7)15-10(11)14/h2-5H,1H3,(H2,11,14). The van der Waals surface area contributed by atoms with Crippen LogP contribution in [0.15, 0.2) is 28.8 Å². The highest BCUT2D eigenvalue weighted by Gasteiger charge is 2.13. The first-order valence-corrected chi connectivity index (χ1v) is 4.54. The second kappa shape index (κ2) is 4.01. The fraction of sp³-hybridized carbons (Fsp3) is 0.100. The molecule has 0 fully saturated rings. The van der Waals surface area contributed by atoms with E-state index in [-0.39, 0.29) is 5.89 Å². The van der Waals surface area contributed by atoms with Gasteiger partial charge in [-0.15, -0.1) is 0 Å². The Bertz CT molecular complexity index is 522. The largest absolute Gasteiger partial charge is 0.410 e. The van der Waals surface area contributed by atoms with Gasteiger partial charge >= 0.3 is 6.09 Å². The van der Waals surface area contributed by atoms with Gasteiger partial charge in [-0.05, 0) is 19.1 Å². The number of carbonyl (C=O) groups is 1. The topological polar surface area (TPSA) is 91.2 Å². The van der Waals surface area contributed by atoms with Gasteiger partial charge in [-0.1, -0.05) is 17.3 Å². The molecule has 1 aromatic heterocycles. The molecule has 0 spiro atoms. The van der Waals surface area contributed by atoms with Crippen molar-refractivity contribution in [3.05, 3.63) is 30.1 Å². The van der Waals surface area contributed by atoms with Crippen molar-refractivity contribution in [2.24, 2.45) is 5.73 Å². The quantitative estimate of drug-likeness (QED) is 0.826. The van der Waals surface area contributed by atoms with Gasteiger partial charge in [0.15, 0.2) is 5.82 Å². The molecule has 0 radical (unpaired) electrons. The normalized spacial score (nSPS) is 10.1. The molecule has 1 heterocycles. The molecule has 2 rings (SSSR count). The molecule has 0 atom stereocenters. The lowest BCUT2D eigenvalue weighted by Crippen LogP contribution is -2.16. The van der Waals surface area contributed by atoms with Gasteiger partial charge < -0.3 is 15.0 Å². The Hall–Kier alpha value is -2.37. The molecule has 1 amide bonds. The Morgan fingerprint density at radius 3 is 2.81 bits per heavy atom. The smallest absolute Gasteiger partial charge is 0.409 e. The summed E-state index contributed by atoms with van der Waals surface area (Å²) >= 11 is 0. The first-order chi connectivity index (χ1) is 7.66. The zero-order valence-electron chi connectivity index (χ0n) is 8.51. The molecule has 82 valence electrons. The van der Waals surface area contributed by atoms with Gasteiger partial charge in [0.1, 0.15) is 5.75 Å². The summed E-state index contributed by atoms with van der Waals surface area (Å²) in [5, 5.41) is 3.66. The number of nitrogens with zero attached hydrogens (tertiary/aromatic N) is 2. The third kappa shape index (κ3) is 2.00. The molecule has 0 aliphatic carbocycles. The number of hydrogen-bond donors (Lipinski definition) is 1. The number of amides is 1. The maximum atomic E-state index is 10.7. The molecule has 2 N–H and O–H groups in total. The fourth-order valence-electron chi connectivity index (χ4n) is 1.25. The SMILES string of the molecule is Cc1noc(-c2ccccc2OC(N)=O)n1. The van der Waals surface area contributed by atoms with Crippen molar-refractivity contribution in [2.75, 3.05) is 0 Å². The second-order valence-electron chi connectivity index (χ2n) is 3.06. The number of aromatic nitrogens is 2. The summed E-state index contributed by atoms with van der Waals surface area (Å²) in [6.07, 6.45) is -0.885. The van der Waals surface area contributed by atoms with Crippen LogP contribution in [0.5, 0.6) is 5.75 Å². The van der Waals surface area contributed by atoms with Crippen molar-refractivity contribution in [3.63, 3.8) is 0 Å². The van der Waals surface area contributed by atoms with Crippen LogP contribution in [0, 0.1) is 6.92 Å². The van der Waals surface area contributed by atoms with Crippen LogP contribution >= 0.6 is 0 Å². The fourth-order valence-corrected chi connectivity index (χ4v) is 1.25. The van der Waals surface area contributed by atoms with Crippen molar-refractivity contribution < 1.29 is 14.1 Å². The maximum absolute atomic E-state index is 10.7. The van der Waals surface area contributed by atoms with Crippen molar-refractivity contribution in [3.8, 4) is 17.2 Å². The van der Waals surface area contributed by atoms with Crippen molar-refractivity contribution in [1.29, 1.82) is 0 Å². The molecule has 1 aromatic carbocycles. The molecule has 16 heavy (non-hydrogen) atoms. The van der Waals surface area contributed by atoms with Gasteiger partial charge in [0.2, 0.25) is 0 Å². The zero-order valence-corrected chi connectivity index (χ0v) is 8.51. The number of nitrogens with two attached hydrogens (primary N) is 1. The van der Waals surface area contributed by atoms with E-state index in [0.717, 1.165) is 0 Å². The number of carbonyl (C=O) groups excluding carboxylic acids is 1. The van der Waals surface area contributed by atoms with E-state index in [1.807, 2.05) is 0 Å². The number of ether oxygens (including phenoxy) is 1. The summed E-state index contributed by atoms with van der Waals surface area (Å²) in [5.41, 5.74) is 5.48. The Balaban J connectivity index is 2.43. The lowest BCUT2D eigenvalue weighted by Gasteiger charge is -2.03. The minimum absolute atomic E-state index is 0.286. The number of aryl methyl sites for hydroxylation is 1. The lowest BCUT2D eigenvalue weighted by molar-refractivity contribution is 0.211. The van der Waals surface area contributed by atoms with Crippen LogP contribution in [0.1, 0.15) is 5.82 Å². The minimum Gasteiger partial charge on any atom is -0.410 e. The van der Waals surface area contributed by atoms with Crippen LogP contribution in [0.2, 0.25) is 0 Å². The lowest BCUT2D eigenvalue weighted by atomic mass is 10.2. The second-order valence-corrected chi connectivity index (χ2v) is 3.06. The molecule has 0 saturated carbocycles. The van der Waals surface area contributed by atoms with E-state index in [2.05, 4.69) is 10.1 Å². The maximum Gasteiger partial charge on any atom is 0.409 e. The predicted molar refractivity (Wildman–Crippen MR) is 54.7 cm³/mol. The molecular weight excluding hydrogens is 210 g/mol. The summed E-state index contributed by atoms with van der Waals surface area (Å²) in [7, 11) is 0. The van der Waals surface area contributed by atoms with Crippen molar-refractivity contribution >= 4 is 6.09 Å². The Kier molecular flexibility index (Phi) is 2.55. The van der Waals surface area contributed by atoms with Crippen LogP contribution < -0.4 is 10.5 Å². The third-order valence-electron chi connectivity index (χ3n) is 1.86. The van der Waals surface area contributed by atoms with Gasteiger partial charge in [-0.3, -0.25) is 0 Å². The number of benzene rings is 1. The molecule has 0 saturated heterocycles. The Morgan fingerprint density at radius 1 is 1.44 bits per heavy atom. The van der Waals surface area contributed by atoms with E-state index in [4.69, 9.17) is 15.0 Å². The van der Waals surface area contributed by atoms with Crippen LogP contribution in [-0.4, -0.2) is 16.2 Å². The average Bonchev–Trinajstić information content (AvgIpc) is 2.65. The number of primary amides is 1. The van der Waals surface area contributed by atoms with Gasteiger partial charge in [-0.25, -0.2) is 4.79 Å². The number of hydrogen-bond acceptors (Lipinski definition) is 5. The minimum atomic E-state index is -0.885. The molecule has 0 aliphatic rings. The number of rotatable bonds is 2. The third-order valence-corrected chi connectivity index (χ3v) is 1.86. The monoisotopic (exact) mass is 219 g/mol. The van der Waals surface area contributed by atoms with Crippen molar-refractivity contribution in [2.45, 2.75) is 6.92 Å². The van der Waals surface area contributed by atoms with Gasteiger partial charge in [0, 0.05) is 0 Å². The molecular formula is C10H9N3O3. The molecule has 0 bridgehead atoms. The van der Waals surface area contributed by atoms with Crippen LogP contribution in [0.25, 0.3) is 11.5 Å². The summed E-state index contributed by atoms with van der Waals surface area (Å²) in [4.78, 5) is 14.7. The van der Waals surface area contributed by atoms with E-state index >= 15 is 0 Å². The highest BCUT2D eigenvalue weighted by atomic mass is 16.5. The van der Waals surface area contributed by atoms with E-state index < -0.39 is 6.09 Å². The first kappa shape index (κ1) is 10.2. The molecule has 6 heteroatoms. The van der Waals surface area contributed by atoms with Crippen LogP contribution in [-0.2, 0) is 0 Å². The first-order valence-electron chi connectivity index (χ1n) is 4.54. The van der Waals surface area contributed by atoms with E-state index in [0.29, 0.717) is 17.1 Å². The molecule has 0 unspecified atom stereocenters. The average molecular weight is 219 g/mol. The summed E-state index contributed by atoms with van der Waals surface area (Å²) < 4.78 is 9.80. The van der Waals surface area contributed by atoms with Crippen molar-refractivity contribution in [1.82, 2.24) is 10.1 Å². The van der Waals surface area contributed by atoms with Gasteiger partial charge in [-0.2, -0.15) is 4.98 Å². The van der Waals surface area contributed by atoms with Crippen LogP contribution in [0.3, 0.4) is 0 Å². The number of para-hydroxylation sites is 1. The molecule has 0 aliphatic heterocycles. The van der Waals surface area contributed by atoms with Gasteiger partial charge in [0.25, 0.3) is 5.89 Å². The van der Waals surface area contributed by atoms with E-state index in [9.17, 15) is 4.79 Å². The predicted octanol–water partition coefficient (Wildman–Crippen LogP) is 1.50. The molecule has 2 aromatic rings. The summed E-state index contributed by atoms with van der Waals surface area (Å²) in [5.74, 6) is 1.08. The highest BCUT2D eigenvalue weighted by Crippen LogP contribution is 2.28. The van der Waals surface area contributed by atoms with E-state index in [1.165, 1.54) is 0 Å².